The van der Waals surface area contributed by atoms with Crippen LogP contribution in [0.5, 0.6) is 0 Å². The van der Waals surface area contributed by atoms with Gasteiger partial charge >= 0.3 is 0 Å². The van der Waals surface area contributed by atoms with Gasteiger partial charge in [0.2, 0.25) is 0 Å². The molecule has 0 unspecified atom stereocenters. The number of hydrazone groups is 1. The second-order valence-electron chi connectivity index (χ2n) is 2.58. The Bertz CT molecular complexity index is 126. The molecule has 5 N–H and O–H groups in total. The number of amidine groups is 1. The maximum Gasteiger partial charge on any atom is 0.122 e. The Morgan fingerprint density at radius 3 is 2.50 bits per heavy atom. The van der Waals surface area contributed by atoms with E-state index in [1.165, 1.54) is 0 Å². The minimum Gasteiger partial charge on any atom is -0.386 e. The Hall–Kier alpha value is -0.770. The molecule has 1 rings (SSSR count). The molecule has 0 aliphatic carbocycles. The van der Waals surface area contributed by atoms with Gasteiger partial charge in [-0.3, -0.25) is 0 Å². The van der Waals surface area contributed by atoms with Gasteiger partial charge in [-0.25, -0.2) is 0 Å². The lowest BCUT2D eigenvalue weighted by molar-refractivity contribution is 0.454. The molecule has 0 aromatic heterocycles. The van der Waals surface area contributed by atoms with Gasteiger partial charge in [0, 0.05) is 5.92 Å². The lowest BCUT2D eigenvalue weighted by atomic mass is 9.97. The molecule has 0 aromatic rings. The van der Waals surface area contributed by atoms with E-state index in [1.54, 1.807) is 0 Å². The van der Waals surface area contributed by atoms with Crippen LogP contribution in [0.1, 0.15) is 12.8 Å². The van der Waals surface area contributed by atoms with Crippen molar-refractivity contribution >= 4 is 5.84 Å². The molecule has 1 aliphatic rings. The molecule has 0 radical (unpaired) electrons. The van der Waals surface area contributed by atoms with Crippen LogP contribution in [0.3, 0.4) is 0 Å². The molecule has 0 bridgehead atoms. The van der Waals surface area contributed by atoms with E-state index in [4.69, 9.17) is 11.6 Å². The van der Waals surface area contributed by atoms with Crippen molar-refractivity contribution in [3.8, 4) is 0 Å². The first-order valence-corrected chi connectivity index (χ1v) is 3.58. The third-order valence-electron chi connectivity index (χ3n) is 1.91. The quantitative estimate of drug-likeness (QED) is 0.194. The van der Waals surface area contributed by atoms with Gasteiger partial charge in [-0.05, 0) is 25.9 Å². The van der Waals surface area contributed by atoms with Crippen LogP contribution in [0, 0.1) is 5.92 Å². The molecule has 0 amide bonds. The van der Waals surface area contributed by atoms with E-state index < -0.39 is 0 Å². The highest BCUT2D eigenvalue weighted by Gasteiger charge is 2.15. The van der Waals surface area contributed by atoms with Crippen molar-refractivity contribution in [1.29, 1.82) is 0 Å². The first-order chi connectivity index (χ1) is 4.84. The normalized spacial score (nSPS) is 23.0. The van der Waals surface area contributed by atoms with Crippen molar-refractivity contribution in [3.05, 3.63) is 0 Å². The zero-order valence-electron chi connectivity index (χ0n) is 6.01. The molecule has 0 aromatic carbocycles. The minimum atomic E-state index is 0.409. The number of nitrogens with zero attached hydrogens (tertiary/aromatic N) is 1. The van der Waals surface area contributed by atoms with Crippen LogP contribution in [-0.4, -0.2) is 18.9 Å². The van der Waals surface area contributed by atoms with Crippen LogP contribution in [0.15, 0.2) is 5.10 Å². The molecule has 1 aliphatic heterocycles. The summed E-state index contributed by atoms with van der Waals surface area (Å²) < 4.78 is 0. The molecule has 0 atom stereocenters. The van der Waals surface area contributed by atoms with E-state index in [2.05, 4.69) is 10.4 Å². The van der Waals surface area contributed by atoms with Gasteiger partial charge in [-0.15, -0.1) is 0 Å². The van der Waals surface area contributed by atoms with Crippen molar-refractivity contribution in [2.45, 2.75) is 12.8 Å². The monoisotopic (exact) mass is 142 g/mol. The molecule has 4 nitrogen and oxygen atoms in total. The minimum absolute atomic E-state index is 0.409. The van der Waals surface area contributed by atoms with Crippen molar-refractivity contribution in [2.24, 2.45) is 22.6 Å². The van der Waals surface area contributed by atoms with Gasteiger partial charge in [0.25, 0.3) is 0 Å². The zero-order valence-corrected chi connectivity index (χ0v) is 6.01. The zero-order chi connectivity index (χ0) is 7.40. The number of piperidine rings is 1. The highest BCUT2D eigenvalue weighted by Crippen LogP contribution is 2.10. The highest BCUT2D eigenvalue weighted by atomic mass is 15.2. The van der Waals surface area contributed by atoms with E-state index in [0.29, 0.717) is 11.8 Å². The van der Waals surface area contributed by atoms with Crippen LogP contribution >= 0.6 is 0 Å². The summed E-state index contributed by atoms with van der Waals surface area (Å²) in [7, 11) is 0. The number of rotatable bonds is 1. The summed E-state index contributed by atoms with van der Waals surface area (Å²) in [6.07, 6.45) is 2.12. The summed E-state index contributed by atoms with van der Waals surface area (Å²) in [6, 6.07) is 0. The lowest BCUT2D eigenvalue weighted by Gasteiger charge is -2.21. The molecular weight excluding hydrogens is 128 g/mol. The van der Waals surface area contributed by atoms with Gasteiger partial charge in [-0.1, -0.05) is 0 Å². The van der Waals surface area contributed by atoms with E-state index in [9.17, 15) is 0 Å². The van der Waals surface area contributed by atoms with Crippen LogP contribution in [0.2, 0.25) is 0 Å². The molecule has 58 valence electrons. The Morgan fingerprint density at radius 1 is 1.40 bits per heavy atom. The summed E-state index contributed by atoms with van der Waals surface area (Å²) in [4.78, 5) is 0. The second kappa shape index (κ2) is 3.41. The third kappa shape index (κ3) is 1.60. The highest BCUT2D eigenvalue weighted by molar-refractivity contribution is 5.82. The Balaban J connectivity index is 2.39. The average molecular weight is 142 g/mol. The first-order valence-electron chi connectivity index (χ1n) is 3.58. The largest absolute Gasteiger partial charge is 0.386 e. The standard InChI is InChI=1S/C6H14N4/c7-6(10-8)5-1-3-9-4-2-5/h5,9H,1-4,8H2,(H2,7,10). The van der Waals surface area contributed by atoms with Crippen molar-refractivity contribution in [1.82, 2.24) is 5.32 Å². The predicted molar refractivity (Wildman–Crippen MR) is 41.4 cm³/mol. The molecule has 10 heavy (non-hydrogen) atoms. The van der Waals surface area contributed by atoms with Crippen molar-refractivity contribution < 1.29 is 0 Å². The average Bonchev–Trinajstić information content (AvgIpc) is 2.05. The molecule has 1 fully saturated rings. The predicted octanol–water partition coefficient (Wildman–Crippen LogP) is -0.783. The van der Waals surface area contributed by atoms with E-state index >= 15 is 0 Å². The summed E-state index contributed by atoms with van der Waals surface area (Å²) in [5, 5.41) is 6.72. The summed E-state index contributed by atoms with van der Waals surface area (Å²) in [6.45, 7) is 2.06. The molecule has 1 saturated heterocycles. The second-order valence-corrected chi connectivity index (χ2v) is 2.58. The molecule has 0 spiro atoms. The third-order valence-corrected chi connectivity index (χ3v) is 1.91. The topological polar surface area (TPSA) is 76.4 Å². The van der Waals surface area contributed by atoms with Crippen LogP contribution in [0.4, 0.5) is 0 Å². The van der Waals surface area contributed by atoms with Gasteiger partial charge in [0.15, 0.2) is 0 Å². The van der Waals surface area contributed by atoms with E-state index in [0.717, 1.165) is 25.9 Å². The molecule has 1 heterocycles. The van der Waals surface area contributed by atoms with Gasteiger partial charge in [0.05, 0.1) is 0 Å². The summed E-state index contributed by atoms with van der Waals surface area (Å²) in [5.41, 5.74) is 5.54. The van der Waals surface area contributed by atoms with Crippen molar-refractivity contribution in [2.75, 3.05) is 13.1 Å². The first kappa shape index (κ1) is 7.34. The fraction of sp³-hybridized carbons (Fsp3) is 0.833. The Kier molecular flexibility index (Phi) is 2.50. The SMILES string of the molecule is N/N=C(\N)C1CCNCC1. The fourth-order valence-electron chi connectivity index (χ4n) is 1.22. The number of hydrogen-bond acceptors (Lipinski definition) is 3. The van der Waals surface area contributed by atoms with Crippen molar-refractivity contribution in [3.63, 3.8) is 0 Å². The van der Waals surface area contributed by atoms with E-state index in [1.807, 2.05) is 0 Å². The molecular formula is C6H14N4. The van der Waals surface area contributed by atoms with Crippen LogP contribution < -0.4 is 16.9 Å². The maximum absolute atomic E-state index is 5.54. The Morgan fingerprint density at radius 2 is 2.00 bits per heavy atom. The number of hydrogen-bond donors (Lipinski definition) is 3. The summed E-state index contributed by atoms with van der Waals surface area (Å²) >= 11 is 0. The van der Waals surface area contributed by atoms with Crippen LogP contribution in [-0.2, 0) is 0 Å². The smallest absolute Gasteiger partial charge is 0.122 e. The number of nitrogens with two attached hydrogens (primary N) is 2. The Labute approximate surface area is 60.7 Å². The van der Waals surface area contributed by atoms with Gasteiger partial charge in [0.1, 0.15) is 5.84 Å². The molecule has 4 heteroatoms. The summed E-state index contributed by atoms with van der Waals surface area (Å²) in [5.74, 6) is 6.05. The fourth-order valence-corrected chi connectivity index (χ4v) is 1.22. The van der Waals surface area contributed by atoms with E-state index in [-0.39, 0.29) is 0 Å². The van der Waals surface area contributed by atoms with Gasteiger partial charge < -0.3 is 16.9 Å². The van der Waals surface area contributed by atoms with Gasteiger partial charge in [-0.2, -0.15) is 5.10 Å². The molecule has 0 saturated carbocycles. The van der Waals surface area contributed by atoms with Crippen LogP contribution in [0.25, 0.3) is 0 Å². The number of nitrogens with one attached hydrogen (secondary N) is 1. The maximum atomic E-state index is 5.54. The lowest BCUT2D eigenvalue weighted by Crippen LogP contribution is -2.35.